The summed E-state index contributed by atoms with van der Waals surface area (Å²) < 4.78 is 5.31. The maximum absolute atomic E-state index is 12.1. The maximum Gasteiger partial charge on any atom is 0.233 e. The summed E-state index contributed by atoms with van der Waals surface area (Å²) in [6, 6.07) is 1.59. The highest BCUT2D eigenvalue weighted by Crippen LogP contribution is 2.16. The van der Waals surface area contributed by atoms with Gasteiger partial charge in [0.15, 0.2) is 0 Å². The Labute approximate surface area is 110 Å². The van der Waals surface area contributed by atoms with E-state index in [1.54, 1.807) is 6.07 Å². The molecule has 18 heavy (non-hydrogen) atoms. The highest BCUT2D eigenvalue weighted by Gasteiger charge is 2.33. The van der Waals surface area contributed by atoms with Gasteiger partial charge in [0.25, 0.3) is 0 Å². The molecule has 2 unspecified atom stereocenters. The fraction of sp³-hybridized carbons (Fsp3) is 0.545. The van der Waals surface area contributed by atoms with Crippen molar-refractivity contribution in [2.45, 2.75) is 13.0 Å². The number of rotatable bonds is 4. The number of carbonyl (C=O) groups excluding carboxylic acids is 1. The lowest BCUT2D eigenvalue weighted by Gasteiger charge is -2.17. The van der Waals surface area contributed by atoms with Gasteiger partial charge >= 0.3 is 0 Å². The number of anilines is 1. The summed E-state index contributed by atoms with van der Waals surface area (Å²) in [4.78, 5) is 19.9. The summed E-state index contributed by atoms with van der Waals surface area (Å²) in [5.74, 6) is -0.164. The van der Waals surface area contributed by atoms with Gasteiger partial charge in [-0.05, 0) is 12.6 Å². The van der Waals surface area contributed by atoms with Crippen molar-refractivity contribution in [2.24, 2.45) is 5.92 Å². The molecule has 0 aromatic carbocycles. The van der Waals surface area contributed by atoms with Crippen LogP contribution in [0.15, 0.2) is 12.3 Å². The second-order valence-electron chi connectivity index (χ2n) is 4.00. The molecule has 0 saturated carbocycles. The zero-order valence-electron chi connectivity index (χ0n) is 10.0. The first-order valence-electron chi connectivity index (χ1n) is 5.81. The van der Waals surface area contributed by atoms with Crippen molar-refractivity contribution >= 4 is 23.5 Å². The van der Waals surface area contributed by atoms with Crippen molar-refractivity contribution in [1.82, 2.24) is 15.3 Å². The van der Waals surface area contributed by atoms with Crippen LogP contribution in [0.3, 0.4) is 0 Å². The molecule has 98 valence electrons. The van der Waals surface area contributed by atoms with Gasteiger partial charge in [0.05, 0.1) is 19.1 Å². The lowest BCUT2D eigenvalue weighted by atomic mass is 10.0. The number of ether oxygens (including phenoxy) is 1. The molecular formula is C11H15ClN4O2. The van der Waals surface area contributed by atoms with E-state index < -0.39 is 0 Å². The molecule has 0 radical (unpaired) electrons. The molecule has 0 spiro atoms. The first-order valence-corrected chi connectivity index (χ1v) is 6.19. The Morgan fingerprint density at radius 2 is 2.44 bits per heavy atom. The average molecular weight is 271 g/mol. The first kappa shape index (κ1) is 13.2. The fourth-order valence-corrected chi connectivity index (χ4v) is 2.01. The van der Waals surface area contributed by atoms with Gasteiger partial charge in [0, 0.05) is 12.2 Å². The van der Waals surface area contributed by atoms with Gasteiger partial charge < -0.3 is 10.1 Å². The van der Waals surface area contributed by atoms with Gasteiger partial charge in [-0.2, -0.15) is 0 Å². The molecule has 6 nitrogen and oxygen atoms in total. The third-order valence-electron chi connectivity index (χ3n) is 2.74. The number of aromatic nitrogens is 2. The van der Waals surface area contributed by atoms with E-state index in [-0.39, 0.29) is 23.8 Å². The smallest absolute Gasteiger partial charge is 0.233 e. The van der Waals surface area contributed by atoms with Crippen LogP contribution in [0.4, 0.5) is 5.95 Å². The average Bonchev–Trinajstić information content (AvgIpc) is 2.78. The molecule has 2 heterocycles. The number of nitrogens with one attached hydrogen (secondary N) is 2. The predicted molar refractivity (Wildman–Crippen MR) is 67.4 cm³/mol. The van der Waals surface area contributed by atoms with Crippen LogP contribution in [0.2, 0.25) is 5.15 Å². The summed E-state index contributed by atoms with van der Waals surface area (Å²) in [7, 11) is 0. The normalized spacial score (nSPS) is 23.0. The largest absolute Gasteiger partial charge is 0.379 e. The third kappa shape index (κ3) is 3.16. The second kappa shape index (κ2) is 6.08. The van der Waals surface area contributed by atoms with E-state index in [2.05, 4.69) is 20.6 Å². The molecule has 1 aliphatic heterocycles. The molecule has 1 aromatic rings. The van der Waals surface area contributed by atoms with E-state index in [1.807, 2.05) is 6.92 Å². The molecule has 1 amide bonds. The Hall–Kier alpha value is -1.24. The lowest BCUT2D eigenvalue weighted by molar-refractivity contribution is -0.120. The quantitative estimate of drug-likeness (QED) is 0.788. The highest BCUT2D eigenvalue weighted by molar-refractivity contribution is 6.29. The zero-order valence-corrected chi connectivity index (χ0v) is 10.8. The molecule has 1 aliphatic rings. The molecule has 2 atom stereocenters. The van der Waals surface area contributed by atoms with Gasteiger partial charge in [-0.1, -0.05) is 18.5 Å². The maximum atomic E-state index is 12.1. The van der Waals surface area contributed by atoms with E-state index in [0.717, 1.165) is 6.54 Å². The van der Waals surface area contributed by atoms with Crippen molar-refractivity contribution in [1.29, 1.82) is 0 Å². The molecule has 1 fully saturated rings. The van der Waals surface area contributed by atoms with Crippen LogP contribution in [0.5, 0.6) is 0 Å². The summed E-state index contributed by atoms with van der Waals surface area (Å²) in [5.41, 5.74) is 0. The van der Waals surface area contributed by atoms with Gasteiger partial charge in [-0.3, -0.25) is 10.1 Å². The van der Waals surface area contributed by atoms with Crippen molar-refractivity contribution in [3.8, 4) is 0 Å². The van der Waals surface area contributed by atoms with Crippen LogP contribution in [-0.2, 0) is 9.53 Å². The van der Waals surface area contributed by atoms with E-state index in [0.29, 0.717) is 18.4 Å². The first-order chi connectivity index (χ1) is 8.70. The van der Waals surface area contributed by atoms with Gasteiger partial charge in [0.1, 0.15) is 5.15 Å². The van der Waals surface area contributed by atoms with Crippen LogP contribution < -0.4 is 10.6 Å². The molecule has 7 heteroatoms. The van der Waals surface area contributed by atoms with Gasteiger partial charge in [-0.15, -0.1) is 0 Å². The highest BCUT2D eigenvalue weighted by atomic mass is 35.5. The Bertz CT molecular complexity index is 429. The predicted octanol–water partition coefficient (Wildman–Crippen LogP) is 0.693. The summed E-state index contributed by atoms with van der Waals surface area (Å²) in [5, 5.41) is 6.16. The summed E-state index contributed by atoms with van der Waals surface area (Å²) in [6.45, 7) is 3.74. The van der Waals surface area contributed by atoms with E-state index in [9.17, 15) is 4.79 Å². The number of halogens is 1. The summed E-state index contributed by atoms with van der Waals surface area (Å²) >= 11 is 5.73. The molecule has 1 aromatic heterocycles. The summed E-state index contributed by atoms with van der Waals surface area (Å²) in [6.07, 6.45) is 1.50. The fourth-order valence-electron chi connectivity index (χ4n) is 1.88. The number of hydrogen-bond acceptors (Lipinski definition) is 5. The number of hydrogen-bond donors (Lipinski definition) is 2. The molecule has 0 bridgehead atoms. The van der Waals surface area contributed by atoms with E-state index >= 15 is 0 Å². The van der Waals surface area contributed by atoms with Crippen LogP contribution in [0, 0.1) is 5.92 Å². The zero-order chi connectivity index (χ0) is 13.0. The molecule has 1 saturated heterocycles. The minimum absolute atomic E-state index is 0.0363. The number of carbonyl (C=O) groups is 1. The Balaban J connectivity index is 1.99. The van der Waals surface area contributed by atoms with Crippen molar-refractivity contribution in [3.05, 3.63) is 17.4 Å². The Morgan fingerprint density at radius 1 is 1.61 bits per heavy atom. The number of likely N-dealkylation sites (N-methyl/N-ethyl adjacent to an activating group) is 1. The lowest BCUT2D eigenvalue weighted by Crippen LogP contribution is -2.41. The number of amides is 1. The SMILES string of the molecule is CCNC1COCC1C(=O)Nc1nccc(Cl)n1. The Kier molecular flexibility index (Phi) is 4.46. The van der Waals surface area contributed by atoms with Crippen LogP contribution in [-0.4, -0.2) is 41.7 Å². The van der Waals surface area contributed by atoms with E-state index in [4.69, 9.17) is 16.3 Å². The Morgan fingerprint density at radius 3 is 3.17 bits per heavy atom. The van der Waals surface area contributed by atoms with Crippen molar-refractivity contribution in [3.63, 3.8) is 0 Å². The number of nitrogens with zero attached hydrogens (tertiary/aromatic N) is 2. The standard InChI is InChI=1S/C11H15ClN4O2/c1-2-13-8-6-18-5-7(8)10(17)16-11-14-4-3-9(12)15-11/h3-4,7-8,13H,2,5-6H2,1H3,(H,14,15,16,17). The second-order valence-corrected chi connectivity index (χ2v) is 4.39. The topological polar surface area (TPSA) is 76.1 Å². The van der Waals surface area contributed by atoms with Crippen molar-refractivity contribution < 1.29 is 9.53 Å². The van der Waals surface area contributed by atoms with Gasteiger partial charge in [0.2, 0.25) is 11.9 Å². The van der Waals surface area contributed by atoms with E-state index in [1.165, 1.54) is 6.20 Å². The minimum atomic E-state index is -0.229. The minimum Gasteiger partial charge on any atom is -0.379 e. The van der Waals surface area contributed by atoms with Crippen LogP contribution >= 0.6 is 11.6 Å². The monoisotopic (exact) mass is 270 g/mol. The third-order valence-corrected chi connectivity index (χ3v) is 2.95. The molecule has 2 rings (SSSR count). The van der Waals surface area contributed by atoms with Gasteiger partial charge in [-0.25, -0.2) is 9.97 Å². The van der Waals surface area contributed by atoms with Crippen molar-refractivity contribution in [2.75, 3.05) is 25.1 Å². The van der Waals surface area contributed by atoms with Crippen LogP contribution in [0.25, 0.3) is 0 Å². The molecular weight excluding hydrogens is 256 g/mol. The van der Waals surface area contributed by atoms with Crippen LogP contribution in [0.1, 0.15) is 6.92 Å². The molecule has 2 N–H and O–H groups in total. The molecule has 0 aliphatic carbocycles.